The van der Waals surface area contributed by atoms with Crippen molar-refractivity contribution in [3.63, 3.8) is 0 Å². The first-order chi connectivity index (χ1) is 16.2. The summed E-state index contributed by atoms with van der Waals surface area (Å²) >= 11 is 6.10. The number of aryl methyl sites for hydroxylation is 1. The van der Waals surface area contributed by atoms with Crippen LogP contribution in [0.4, 0.5) is 15.8 Å². The topological polar surface area (TPSA) is 60.9 Å². The Kier molecular flexibility index (Phi) is 7.09. The molecule has 1 amide bonds. The fourth-order valence-electron chi connectivity index (χ4n) is 3.87. The SMILES string of the molecule is Cc1ccc(N(CC(=O)N2CCN(c3cccc(Cl)c3)CC2)S(=O)(=O)c2ccc(F)cc2)cc1. The number of anilines is 2. The molecule has 0 bridgehead atoms. The van der Waals surface area contributed by atoms with Crippen LogP contribution >= 0.6 is 11.6 Å². The summed E-state index contributed by atoms with van der Waals surface area (Å²) in [4.78, 5) is 16.9. The number of carbonyl (C=O) groups excluding carboxylic acids is 1. The minimum absolute atomic E-state index is 0.0759. The lowest BCUT2D eigenvalue weighted by Crippen LogP contribution is -2.52. The first-order valence-corrected chi connectivity index (χ1v) is 12.7. The maximum atomic E-state index is 13.4. The molecule has 0 aromatic heterocycles. The van der Waals surface area contributed by atoms with Crippen LogP contribution in [0.25, 0.3) is 0 Å². The van der Waals surface area contributed by atoms with Gasteiger partial charge in [-0.1, -0.05) is 35.4 Å². The average molecular weight is 502 g/mol. The third-order valence-corrected chi connectivity index (χ3v) is 7.83. The predicted molar refractivity (Wildman–Crippen MR) is 132 cm³/mol. The number of hydrogen-bond acceptors (Lipinski definition) is 4. The second-order valence-electron chi connectivity index (χ2n) is 8.15. The lowest BCUT2D eigenvalue weighted by atomic mass is 10.2. The molecule has 34 heavy (non-hydrogen) atoms. The van der Waals surface area contributed by atoms with Crippen LogP contribution in [0, 0.1) is 12.7 Å². The molecule has 9 heteroatoms. The molecule has 1 aliphatic rings. The molecule has 6 nitrogen and oxygen atoms in total. The van der Waals surface area contributed by atoms with Gasteiger partial charge in [-0.05, 0) is 61.5 Å². The van der Waals surface area contributed by atoms with Gasteiger partial charge in [-0.25, -0.2) is 12.8 Å². The summed E-state index contributed by atoms with van der Waals surface area (Å²) in [5.41, 5.74) is 2.33. The van der Waals surface area contributed by atoms with Gasteiger partial charge in [0.25, 0.3) is 10.0 Å². The smallest absolute Gasteiger partial charge is 0.264 e. The molecule has 0 aliphatic carbocycles. The Morgan fingerprint density at radius 3 is 2.24 bits per heavy atom. The molecule has 0 N–H and O–H groups in total. The number of nitrogens with zero attached hydrogens (tertiary/aromatic N) is 3. The van der Waals surface area contributed by atoms with Gasteiger partial charge in [-0.3, -0.25) is 9.10 Å². The molecular formula is C25H25ClFN3O3S. The number of benzene rings is 3. The van der Waals surface area contributed by atoms with Crippen molar-refractivity contribution in [1.29, 1.82) is 0 Å². The molecule has 178 valence electrons. The lowest BCUT2D eigenvalue weighted by molar-refractivity contribution is -0.129. The van der Waals surface area contributed by atoms with Gasteiger partial charge >= 0.3 is 0 Å². The van der Waals surface area contributed by atoms with Gasteiger partial charge in [0.15, 0.2) is 0 Å². The molecule has 0 atom stereocenters. The van der Waals surface area contributed by atoms with Crippen molar-refractivity contribution in [2.24, 2.45) is 0 Å². The van der Waals surface area contributed by atoms with Crippen molar-refractivity contribution in [2.45, 2.75) is 11.8 Å². The van der Waals surface area contributed by atoms with Crippen molar-refractivity contribution in [3.05, 3.63) is 89.2 Å². The monoisotopic (exact) mass is 501 g/mol. The van der Waals surface area contributed by atoms with E-state index in [1.165, 1.54) is 12.1 Å². The van der Waals surface area contributed by atoms with Gasteiger partial charge in [0, 0.05) is 36.9 Å². The molecule has 4 rings (SSSR count). The van der Waals surface area contributed by atoms with Crippen molar-refractivity contribution in [3.8, 4) is 0 Å². The van der Waals surface area contributed by atoms with Crippen LogP contribution in [-0.2, 0) is 14.8 Å². The molecule has 0 spiro atoms. The Balaban J connectivity index is 1.53. The van der Waals surface area contributed by atoms with E-state index in [9.17, 15) is 17.6 Å². The first kappa shape index (κ1) is 24.0. The number of sulfonamides is 1. The Hall–Kier alpha value is -3.10. The van der Waals surface area contributed by atoms with E-state index in [1.807, 2.05) is 31.2 Å². The van der Waals surface area contributed by atoms with Crippen LogP contribution in [0.3, 0.4) is 0 Å². The van der Waals surface area contributed by atoms with E-state index in [1.54, 1.807) is 29.2 Å². The summed E-state index contributed by atoms with van der Waals surface area (Å²) in [6.07, 6.45) is 0. The van der Waals surface area contributed by atoms with Crippen molar-refractivity contribution in [2.75, 3.05) is 41.9 Å². The van der Waals surface area contributed by atoms with Crippen LogP contribution in [0.2, 0.25) is 5.02 Å². The molecule has 0 radical (unpaired) electrons. The molecule has 1 fully saturated rings. The maximum Gasteiger partial charge on any atom is 0.264 e. The lowest BCUT2D eigenvalue weighted by Gasteiger charge is -2.37. The highest BCUT2D eigenvalue weighted by Crippen LogP contribution is 2.25. The highest BCUT2D eigenvalue weighted by Gasteiger charge is 2.30. The highest BCUT2D eigenvalue weighted by atomic mass is 35.5. The summed E-state index contributed by atoms with van der Waals surface area (Å²) in [5.74, 6) is -0.827. The van der Waals surface area contributed by atoms with Gasteiger partial charge in [-0.15, -0.1) is 0 Å². The van der Waals surface area contributed by atoms with E-state index in [4.69, 9.17) is 11.6 Å². The number of hydrogen-bond donors (Lipinski definition) is 0. The van der Waals surface area contributed by atoms with E-state index in [2.05, 4.69) is 4.90 Å². The van der Waals surface area contributed by atoms with Crippen LogP contribution in [-0.4, -0.2) is 51.9 Å². The zero-order chi connectivity index (χ0) is 24.3. The van der Waals surface area contributed by atoms with Crippen molar-refractivity contribution in [1.82, 2.24) is 4.90 Å². The summed E-state index contributed by atoms with van der Waals surface area (Å²) in [6.45, 7) is 3.70. The van der Waals surface area contributed by atoms with E-state index in [0.717, 1.165) is 27.7 Å². The first-order valence-electron chi connectivity index (χ1n) is 10.9. The zero-order valence-corrected chi connectivity index (χ0v) is 20.3. The van der Waals surface area contributed by atoms with E-state index < -0.39 is 15.8 Å². The number of halogens is 2. The van der Waals surface area contributed by atoms with E-state index in [0.29, 0.717) is 36.9 Å². The number of piperazine rings is 1. The molecule has 3 aromatic carbocycles. The maximum absolute atomic E-state index is 13.4. The Bertz CT molecular complexity index is 1260. The molecular weight excluding hydrogens is 477 g/mol. The standard InChI is InChI=1S/C25H25ClFN3O3S/c1-19-5-9-22(10-6-19)30(34(32,33)24-11-7-21(27)8-12-24)18-25(31)29-15-13-28(14-16-29)23-4-2-3-20(26)17-23/h2-12,17H,13-16,18H2,1H3. The van der Waals surface area contributed by atoms with Gasteiger partial charge < -0.3 is 9.80 Å². The fraction of sp³-hybridized carbons (Fsp3) is 0.240. The minimum atomic E-state index is -4.08. The van der Waals surface area contributed by atoms with Gasteiger partial charge in [0.2, 0.25) is 5.91 Å². The third-order valence-electron chi connectivity index (χ3n) is 5.81. The van der Waals surface area contributed by atoms with E-state index >= 15 is 0 Å². The summed E-state index contributed by atoms with van der Waals surface area (Å²) in [6, 6.07) is 19.1. The quantitative estimate of drug-likeness (QED) is 0.504. The van der Waals surface area contributed by atoms with Gasteiger partial charge in [0.05, 0.1) is 10.6 Å². The molecule has 0 saturated carbocycles. The van der Waals surface area contributed by atoms with Crippen LogP contribution in [0.1, 0.15) is 5.56 Å². The molecule has 3 aromatic rings. The largest absolute Gasteiger partial charge is 0.368 e. The summed E-state index contributed by atoms with van der Waals surface area (Å²) in [7, 11) is -4.08. The van der Waals surface area contributed by atoms with E-state index in [-0.39, 0.29) is 17.3 Å². The molecule has 1 heterocycles. The van der Waals surface area contributed by atoms with Crippen LogP contribution < -0.4 is 9.21 Å². The van der Waals surface area contributed by atoms with Gasteiger partial charge in [0.1, 0.15) is 12.4 Å². The van der Waals surface area contributed by atoms with Gasteiger partial charge in [-0.2, -0.15) is 0 Å². The van der Waals surface area contributed by atoms with Crippen molar-refractivity contribution >= 4 is 38.9 Å². The normalized spacial score (nSPS) is 14.2. The third kappa shape index (κ3) is 5.34. The average Bonchev–Trinajstić information content (AvgIpc) is 2.83. The molecule has 0 unspecified atom stereocenters. The minimum Gasteiger partial charge on any atom is -0.368 e. The zero-order valence-electron chi connectivity index (χ0n) is 18.7. The van der Waals surface area contributed by atoms with Crippen molar-refractivity contribution < 1.29 is 17.6 Å². The predicted octanol–water partition coefficient (Wildman–Crippen LogP) is 4.33. The summed E-state index contributed by atoms with van der Waals surface area (Å²) in [5, 5.41) is 0.649. The van der Waals surface area contributed by atoms with Crippen LogP contribution in [0.15, 0.2) is 77.7 Å². The molecule has 1 saturated heterocycles. The Labute approximate surface area is 204 Å². The second kappa shape index (κ2) is 10.0. The highest BCUT2D eigenvalue weighted by molar-refractivity contribution is 7.92. The Morgan fingerprint density at radius 2 is 1.62 bits per heavy atom. The number of amides is 1. The second-order valence-corrected chi connectivity index (χ2v) is 10.4. The fourth-order valence-corrected chi connectivity index (χ4v) is 5.47. The Morgan fingerprint density at radius 1 is 0.971 bits per heavy atom. The number of carbonyl (C=O) groups is 1. The number of rotatable bonds is 6. The molecule has 1 aliphatic heterocycles. The van der Waals surface area contributed by atoms with Crippen LogP contribution in [0.5, 0.6) is 0 Å². The summed E-state index contributed by atoms with van der Waals surface area (Å²) < 4.78 is 41.3.